The van der Waals surface area contributed by atoms with E-state index in [9.17, 15) is 4.79 Å². The molecule has 33 heavy (non-hydrogen) atoms. The van der Waals surface area contributed by atoms with Crippen molar-refractivity contribution in [1.29, 1.82) is 0 Å². The fraction of sp³-hybridized carbons (Fsp3) is 0.458. The van der Waals surface area contributed by atoms with Gasteiger partial charge in [-0.2, -0.15) is 0 Å². The largest absolute Gasteiger partial charge is 0.351 e. The molecule has 0 bridgehead atoms. The number of carbonyl (C=O) groups is 1. The topological polar surface area (TPSA) is 92.1 Å². The SMILES string of the molecule is CNCc1nc(N2[C@H](C)C[C@@H]2C)cc2c1CN(c1cccc(-c3nncn3C(C)C)n1)C2=O. The molecule has 0 radical (unpaired) electrons. The molecule has 2 aliphatic rings. The Balaban J connectivity index is 1.51. The standard InChI is InChI=1S/C24H30N8O/c1-14(2)31-13-26-29-23(31)19-7-6-8-21(27-19)30-12-18-17(24(30)33)10-22(28-20(18)11-25-5)32-15(3)9-16(32)4/h6-8,10,13-16,25H,9,11-12H2,1-5H3/t15-,16+. The van der Waals surface area contributed by atoms with E-state index in [2.05, 4.69) is 48.1 Å². The molecular formula is C24H30N8O. The minimum absolute atomic E-state index is 0.0400. The number of fused-ring (bicyclic) bond motifs is 1. The second kappa shape index (κ2) is 8.22. The zero-order valence-corrected chi connectivity index (χ0v) is 19.8. The van der Waals surface area contributed by atoms with Gasteiger partial charge in [-0.25, -0.2) is 9.97 Å². The van der Waals surface area contributed by atoms with E-state index in [0.29, 0.717) is 48.1 Å². The predicted octanol–water partition coefficient (Wildman–Crippen LogP) is 3.18. The molecule has 5 heterocycles. The molecule has 9 heteroatoms. The first-order chi connectivity index (χ1) is 15.9. The average Bonchev–Trinajstić information content (AvgIpc) is 3.40. The maximum atomic E-state index is 13.6. The fourth-order valence-electron chi connectivity index (χ4n) is 4.95. The van der Waals surface area contributed by atoms with E-state index in [1.807, 2.05) is 35.9 Å². The summed E-state index contributed by atoms with van der Waals surface area (Å²) in [6.07, 6.45) is 2.85. The Morgan fingerprint density at radius 3 is 2.64 bits per heavy atom. The molecule has 3 aromatic heterocycles. The second-order valence-corrected chi connectivity index (χ2v) is 9.25. The van der Waals surface area contributed by atoms with E-state index >= 15 is 0 Å². The molecule has 0 aliphatic carbocycles. The van der Waals surface area contributed by atoms with E-state index < -0.39 is 0 Å². The van der Waals surface area contributed by atoms with Crippen molar-refractivity contribution < 1.29 is 4.79 Å². The van der Waals surface area contributed by atoms with Gasteiger partial charge in [0.2, 0.25) is 0 Å². The van der Waals surface area contributed by atoms with Crippen LogP contribution >= 0.6 is 0 Å². The number of rotatable bonds is 6. The van der Waals surface area contributed by atoms with Crippen LogP contribution in [0.15, 0.2) is 30.6 Å². The number of hydrogen-bond acceptors (Lipinski definition) is 7. The molecule has 3 aromatic rings. The van der Waals surface area contributed by atoms with Crippen LogP contribution in [0.4, 0.5) is 11.6 Å². The maximum absolute atomic E-state index is 13.6. The van der Waals surface area contributed by atoms with Crippen molar-refractivity contribution >= 4 is 17.5 Å². The molecule has 5 rings (SSSR count). The lowest BCUT2D eigenvalue weighted by atomic mass is 9.95. The first kappa shape index (κ1) is 21.5. The van der Waals surface area contributed by atoms with Gasteiger partial charge in [0.05, 0.1) is 17.8 Å². The molecule has 172 valence electrons. The summed E-state index contributed by atoms with van der Waals surface area (Å²) in [5.74, 6) is 2.14. The third kappa shape index (κ3) is 3.56. The number of nitrogens with one attached hydrogen (secondary N) is 1. The number of nitrogens with zero attached hydrogens (tertiary/aromatic N) is 7. The molecule has 2 aliphatic heterocycles. The normalized spacial score (nSPS) is 19.9. The van der Waals surface area contributed by atoms with Crippen LogP contribution in [0.25, 0.3) is 11.5 Å². The molecule has 1 fully saturated rings. The zero-order chi connectivity index (χ0) is 23.3. The van der Waals surface area contributed by atoms with Crippen LogP contribution in [-0.4, -0.2) is 49.8 Å². The third-order valence-electron chi connectivity index (χ3n) is 6.60. The number of amides is 1. The van der Waals surface area contributed by atoms with Crippen LogP contribution in [-0.2, 0) is 13.1 Å². The highest BCUT2D eigenvalue weighted by Gasteiger charge is 2.37. The number of hydrogen-bond donors (Lipinski definition) is 1. The summed E-state index contributed by atoms with van der Waals surface area (Å²) in [6, 6.07) is 8.71. The van der Waals surface area contributed by atoms with Crippen molar-refractivity contribution in [3.8, 4) is 11.5 Å². The van der Waals surface area contributed by atoms with Crippen LogP contribution in [0.2, 0.25) is 0 Å². The van der Waals surface area contributed by atoms with E-state index in [4.69, 9.17) is 9.97 Å². The number of pyridine rings is 2. The van der Waals surface area contributed by atoms with Crippen molar-refractivity contribution in [3.63, 3.8) is 0 Å². The summed E-state index contributed by atoms with van der Waals surface area (Å²) in [5, 5.41) is 11.5. The summed E-state index contributed by atoms with van der Waals surface area (Å²) in [7, 11) is 1.90. The van der Waals surface area contributed by atoms with Gasteiger partial charge in [0, 0.05) is 30.2 Å². The monoisotopic (exact) mass is 446 g/mol. The Labute approximate surface area is 193 Å². The lowest BCUT2D eigenvalue weighted by Crippen LogP contribution is -2.53. The maximum Gasteiger partial charge on any atom is 0.260 e. The average molecular weight is 447 g/mol. The van der Waals surface area contributed by atoms with Gasteiger partial charge in [0.15, 0.2) is 5.82 Å². The summed E-state index contributed by atoms with van der Waals surface area (Å²) in [6.45, 7) is 9.62. The van der Waals surface area contributed by atoms with Gasteiger partial charge in [0.25, 0.3) is 5.91 Å². The van der Waals surface area contributed by atoms with Crippen molar-refractivity contribution in [2.45, 2.75) is 65.3 Å². The minimum Gasteiger partial charge on any atom is -0.351 e. The highest BCUT2D eigenvalue weighted by atomic mass is 16.2. The molecule has 9 nitrogen and oxygen atoms in total. The molecule has 2 atom stereocenters. The van der Waals surface area contributed by atoms with E-state index in [1.165, 1.54) is 0 Å². The molecule has 1 saturated heterocycles. The highest BCUT2D eigenvalue weighted by Crippen LogP contribution is 2.36. The minimum atomic E-state index is -0.0400. The lowest BCUT2D eigenvalue weighted by molar-refractivity contribution is 0.0996. The molecule has 0 spiro atoms. The van der Waals surface area contributed by atoms with Gasteiger partial charge in [-0.3, -0.25) is 9.69 Å². The van der Waals surface area contributed by atoms with E-state index in [1.54, 1.807) is 11.2 Å². The molecule has 1 amide bonds. The molecule has 0 unspecified atom stereocenters. The van der Waals surface area contributed by atoms with Gasteiger partial charge < -0.3 is 14.8 Å². The molecule has 0 saturated carbocycles. The summed E-state index contributed by atoms with van der Waals surface area (Å²) in [5.41, 5.74) is 3.30. The molecular weight excluding hydrogens is 416 g/mol. The Morgan fingerprint density at radius 2 is 1.94 bits per heavy atom. The summed E-state index contributed by atoms with van der Waals surface area (Å²) >= 11 is 0. The Bertz CT molecular complexity index is 1190. The van der Waals surface area contributed by atoms with Crippen LogP contribution in [0.1, 0.15) is 61.8 Å². The summed E-state index contributed by atoms with van der Waals surface area (Å²) in [4.78, 5) is 27.3. The Hall–Kier alpha value is -3.33. The van der Waals surface area contributed by atoms with Gasteiger partial charge in [-0.05, 0) is 59.4 Å². The zero-order valence-electron chi connectivity index (χ0n) is 19.8. The smallest absolute Gasteiger partial charge is 0.260 e. The lowest BCUT2D eigenvalue weighted by Gasteiger charge is -2.46. The van der Waals surface area contributed by atoms with Gasteiger partial charge in [-0.1, -0.05) is 6.07 Å². The number of carbonyl (C=O) groups excluding carboxylic acids is 1. The first-order valence-corrected chi connectivity index (χ1v) is 11.5. The van der Waals surface area contributed by atoms with Crippen molar-refractivity contribution in [2.24, 2.45) is 0 Å². The predicted molar refractivity (Wildman–Crippen MR) is 127 cm³/mol. The van der Waals surface area contributed by atoms with Crippen LogP contribution in [0.3, 0.4) is 0 Å². The van der Waals surface area contributed by atoms with Gasteiger partial charge in [-0.15, -0.1) is 10.2 Å². The van der Waals surface area contributed by atoms with Crippen LogP contribution in [0.5, 0.6) is 0 Å². The van der Waals surface area contributed by atoms with Gasteiger partial charge in [0.1, 0.15) is 23.7 Å². The van der Waals surface area contributed by atoms with Crippen LogP contribution < -0.4 is 15.1 Å². The fourth-order valence-corrected chi connectivity index (χ4v) is 4.95. The third-order valence-corrected chi connectivity index (χ3v) is 6.60. The van der Waals surface area contributed by atoms with Crippen molar-refractivity contribution in [3.05, 3.63) is 47.4 Å². The highest BCUT2D eigenvalue weighted by molar-refractivity contribution is 6.10. The van der Waals surface area contributed by atoms with E-state index in [-0.39, 0.29) is 11.9 Å². The van der Waals surface area contributed by atoms with Crippen molar-refractivity contribution in [2.75, 3.05) is 16.8 Å². The second-order valence-electron chi connectivity index (χ2n) is 9.25. The molecule has 0 aromatic carbocycles. The summed E-state index contributed by atoms with van der Waals surface area (Å²) < 4.78 is 1.98. The molecule has 1 N–H and O–H groups in total. The van der Waals surface area contributed by atoms with Crippen LogP contribution in [0, 0.1) is 0 Å². The quantitative estimate of drug-likeness (QED) is 0.622. The Morgan fingerprint density at radius 1 is 1.15 bits per heavy atom. The first-order valence-electron chi connectivity index (χ1n) is 11.5. The van der Waals surface area contributed by atoms with E-state index in [0.717, 1.165) is 23.5 Å². The number of anilines is 2. The van der Waals surface area contributed by atoms with Gasteiger partial charge >= 0.3 is 0 Å². The van der Waals surface area contributed by atoms with Crippen molar-refractivity contribution in [1.82, 2.24) is 30.0 Å². The number of aromatic nitrogens is 5. The Kier molecular flexibility index (Phi) is 5.36.